The highest BCUT2D eigenvalue weighted by Crippen LogP contribution is 2.37. The van der Waals surface area contributed by atoms with Crippen LogP contribution in [0.15, 0.2) is 22.3 Å². The predicted octanol–water partition coefficient (Wildman–Crippen LogP) is -2.29. The minimum atomic E-state index is -2.03. The van der Waals surface area contributed by atoms with Gasteiger partial charge in [-0.15, -0.1) is 0 Å². The number of fused-ring (bicyclic) bond motifs is 3. The Morgan fingerprint density at radius 2 is 1.73 bits per heavy atom. The number of nitrogens with two attached hydrogens (primary N) is 1. The van der Waals surface area contributed by atoms with Crippen LogP contribution in [-0.2, 0) is 80.9 Å². The van der Waals surface area contributed by atoms with Crippen molar-refractivity contribution < 1.29 is 82.1 Å². The summed E-state index contributed by atoms with van der Waals surface area (Å²) in [5.41, 5.74) is 6.55. The Labute approximate surface area is 506 Å². The summed E-state index contributed by atoms with van der Waals surface area (Å²) in [5, 5.41) is 57.0. The Morgan fingerprint density at radius 1 is 1.02 bits per heavy atom. The number of thioether (sulfide) groups is 1. The number of benzene rings is 1. The molecule has 480 valence electrons. The van der Waals surface area contributed by atoms with Crippen molar-refractivity contribution >= 4 is 99.3 Å². The minimum Gasteiger partial charge on any atom is -0.610 e. The number of aliphatic hydroxyl groups excluding tert-OH is 3. The molecule has 1 aromatic carbocycles. The fourth-order valence-corrected chi connectivity index (χ4v) is 11.9. The second-order valence-corrected chi connectivity index (χ2v) is 23.7. The molecule has 14 N–H and O–H groups in total. The number of hydrogen-bond acceptors (Lipinski definition) is 19. The lowest BCUT2D eigenvalue weighted by Gasteiger charge is -2.32. The molecule has 0 spiro atoms. The first kappa shape index (κ1) is 71.6. The van der Waals surface area contributed by atoms with Crippen LogP contribution in [0.4, 0.5) is 0 Å². The Morgan fingerprint density at radius 3 is 2.40 bits per heavy atom. The lowest BCUT2D eigenvalue weighted by atomic mass is 9.93. The Kier molecular flexibility index (Phi) is 30.2. The van der Waals surface area contributed by atoms with Crippen molar-refractivity contribution in [3.63, 3.8) is 0 Å². The van der Waals surface area contributed by atoms with E-state index in [1.54, 1.807) is 39.8 Å². The smallest absolute Gasteiger partial charge is 0.245 e. The maximum Gasteiger partial charge on any atom is 0.245 e. The molecule has 31 heteroatoms. The zero-order valence-electron chi connectivity index (χ0n) is 49.8. The van der Waals surface area contributed by atoms with Crippen LogP contribution in [-0.4, -0.2) is 208 Å². The van der Waals surface area contributed by atoms with Gasteiger partial charge in [0.15, 0.2) is 0 Å². The number of aliphatic hydroxyl groups is 3. The van der Waals surface area contributed by atoms with Gasteiger partial charge in [0.05, 0.1) is 57.2 Å². The molecule has 29 nitrogen and oxygen atoms in total. The molecule has 1 fully saturated rings. The number of methoxy groups -OCH3 is 1. The molecule has 0 bridgehead atoms. The molecule has 2 aliphatic heterocycles. The highest BCUT2D eigenvalue weighted by Gasteiger charge is 2.44. The number of nitrogens with zero attached hydrogens (tertiary/aromatic N) is 2. The first-order chi connectivity index (χ1) is 41.0. The lowest BCUT2D eigenvalue weighted by molar-refractivity contribution is -0.142. The van der Waals surface area contributed by atoms with E-state index in [1.165, 1.54) is 25.8 Å². The number of primary amides is 1. The number of hydrogen-bond donors (Lipinski definition) is 13. The third-order valence-corrected chi connectivity index (χ3v) is 17.2. The van der Waals surface area contributed by atoms with E-state index >= 15 is 0 Å². The third-order valence-electron chi connectivity index (χ3n) is 14.6. The number of carbonyl (C=O) groups excluding carboxylic acids is 10. The van der Waals surface area contributed by atoms with Crippen LogP contribution >= 0.6 is 11.8 Å². The van der Waals surface area contributed by atoms with Gasteiger partial charge in [0.1, 0.15) is 48.3 Å². The van der Waals surface area contributed by atoms with Gasteiger partial charge in [-0.05, 0) is 57.6 Å². The second-order valence-electron chi connectivity index (χ2n) is 21.1. The number of unbranched alkanes of at least 4 members (excludes halogenated alkanes) is 2. The van der Waals surface area contributed by atoms with Crippen molar-refractivity contribution in [3.05, 3.63) is 23.3 Å². The molecule has 1 aromatic heterocycles. The molecule has 3 heterocycles. The van der Waals surface area contributed by atoms with E-state index in [1.807, 2.05) is 6.92 Å². The van der Waals surface area contributed by atoms with Crippen LogP contribution in [0.5, 0.6) is 5.75 Å². The van der Waals surface area contributed by atoms with Crippen molar-refractivity contribution in [2.24, 2.45) is 22.7 Å². The van der Waals surface area contributed by atoms with Gasteiger partial charge in [-0.3, -0.25) is 47.9 Å². The summed E-state index contributed by atoms with van der Waals surface area (Å²) >= 11 is -0.578. The van der Waals surface area contributed by atoms with E-state index in [4.69, 9.17) is 20.0 Å². The first-order valence-electron chi connectivity index (χ1n) is 28.7. The van der Waals surface area contributed by atoms with Gasteiger partial charge in [-0.2, -0.15) is 11.8 Å². The zero-order valence-corrected chi connectivity index (χ0v) is 51.4. The van der Waals surface area contributed by atoms with Crippen molar-refractivity contribution in [2.45, 2.75) is 159 Å². The summed E-state index contributed by atoms with van der Waals surface area (Å²) in [6.07, 6.45) is -1.31. The predicted molar refractivity (Wildman–Crippen MR) is 317 cm³/mol. The van der Waals surface area contributed by atoms with Crippen LogP contribution in [0.3, 0.4) is 0 Å². The maximum atomic E-state index is 14.9. The number of rotatable bonds is 29. The second kappa shape index (κ2) is 36.3. The molecular weight excluding hydrogens is 1160 g/mol. The normalized spacial score (nSPS) is 21.7. The molecule has 4 rings (SSSR count). The lowest BCUT2D eigenvalue weighted by Crippen LogP contribution is -2.61. The summed E-state index contributed by atoms with van der Waals surface area (Å²) in [4.78, 5) is 143. The number of nitrogens with one attached hydrogen (secondary N) is 9. The molecule has 2 aromatic rings. The molecule has 0 saturated carbocycles. The zero-order chi connectivity index (χ0) is 63.6. The van der Waals surface area contributed by atoms with E-state index in [0.717, 1.165) is 11.3 Å². The SMILES string of the molecule is CCO/C(C)=N\OCCCCCC(=O)NCCSCc1c(OC)ccc2c3c([nH]c12)[S+]([O-])C[C@@H](C)NC(=O)CNC(=O)[C@H]([C@@H](C)CC)NC(=O)CNC(=O)[C@@H](NC(=O)[C@@H](NC(=O)[C@@H]1C[C@@H](O)CN1C(=O)[C@H](CCC(N)=O)NC=O)[C@@H](C)[C@@H](O)CO)C3. The Hall–Kier alpha value is -6.93. The van der Waals surface area contributed by atoms with Crippen molar-refractivity contribution in [1.29, 1.82) is 0 Å². The maximum absolute atomic E-state index is 14.9. The summed E-state index contributed by atoms with van der Waals surface area (Å²) in [7, 11) is 1.46. The van der Waals surface area contributed by atoms with E-state index in [9.17, 15) is 67.8 Å². The van der Waals surface area contributed by atoms with Gasteiger partial charge >= 0.3 is 0 Å². The average Bonchev–Trinajstić information content (AvgIpc) is 3.05. The van der Waals surface area contributed by atoms with E-state index in [0.29, 0.717) is 79.3 Å². The third kappa shape index (κ3) is 21.8. The molecule has 86 heavy (non-hydrogen) atoms. The topological polar surface area (TPSA) is 436 Å². The van der Waals surface area contributed by atoms with Crippen molar-refractivity contribution in [3.8, 4) is 5.75 Å². The molecule has 2 aliphatic rings. The number of likely N-dealkylation sites (tertiary alicyclic amines) is 1. The van der Waals surface area contributed by atoms with Gasteiger partial charge in [-0.1, -0.05) is 32.3 Å². The molecule has 0 aliphatic carbocycles. The molecule has 1 saturated heterocycles. The van der Waals surface area contributed by atoms with E-state index < -0.39 is 151 Å². The number of ether oxygens (including phenoxy) is 2. The highest BCUT2D eigenvalue weighted by atomic mass is 32.2. The van der Waals surface area contributed by atoms with Gasteiger partial charge in [0.2, 0.25) is 70.5 Å². The first-order valence-corrected chi connectivity index (χ1v) is 31.2. The molecule has 10 amide bonds. The van der Waals surface area contributed by atoms with Crippen LogP contribution in [0.25, 0.3) is 10.9 Å². The monoisotopic (exact) mass is 1250 g/mol. The number of oxime groups is 1. The van der Waals surface area contributed by atoms with E-state index in [2.05, 4.69) is 52.7 Å². The van der Waals surface area contributed by atoms with Gasteiger partial charge in [0, 0.05) is 90.8 Å². The minimum absolute atomic E-state index is 0.0695. The van der Waals surface area contributed by atoms with Gasteiger partial charge in [-0.25, -0.2) is 0 Å². The van der Waals surface area contributed by atoms with Crippen molar-refractivity contribution in [2.75, 3.05) is 64.6 Å². The quantitative estimate of drug-likeness (QED) is 0.0102. The van der Waals surface area contributed by atoms with Crippen LogP contribution < -0.4 is 53.0 Å². The number of carbonyl (C=O) groups is 10. The Bertz CT molecular complexity index is 2680. The number of aromatic amines is 1. The van der Waals surface area contributed by atoms with Crippen LogP contribution in [0.2, 0.25) is 0 Å². The summed E-state index contributed by atoms with van der Waals surface area (Å²) in [5.74, 6) is -7.41. The summed E-state index contributed by atoms with van der Waals surface area (Å²) < 4.78 is 25.8. The standard InChI is InChI=1S/C55H86N12O17S2/c1-8-30(3)47-52(78)59-23-45(74)61-31(4)28-86(81)54-36(35-14-16-42(82-7)37(49(35)65-54)27-85-20-18-57-44(73)13-11-10-12-19-84-66-33(6)83-9-2)22-39(50(76)58-24-46(75)63-47)62-53(79)48(32(5)41(71)26-68)64-51(77)40-21-34(70)25-67(40)55(80)38(60-29-69)15-17-43(56)72/h14,16,29-32,34,38-41,47-48,65,68,70-71H,8-13,15,17-28H2,1-7H3,(H2,56,72)(H,57,73)(H,58,76)(H,59,78)(H,60,69)(H,61,74)(H,62,79)(H,63,75)(H,64,77)/b66-33-/t30-,31+,32-,34+,38-,39-,40-,41-,47-,48-,86?/m0/s1. The summed E-state index contributed by atoms with van der Waals surface area (Å²) in [6.45, 7) is 8.60. The van der Waals surface area contributed by atoms with Crippen LogP contribution in [0, 0.1) is 11.8 Å². The fraction of sp³-hybridized carbons (Fsp3) is 0.655. The fourth-order valence-electron chi connectivity index (χ4n) is 9.67. The van der Waals surface area contributed by atoms with Gasteiger partial charge < -0.3 is 92.3 Å². The van der Waals surface area contributed by atoms with E-state index in [-0.39, 0.29) is 53.7 Å². The average molecular weight is 1250 g/mol. The molecule has 11 atom stereocenters. The van der Waals surface area contributed by atoms with Gasteiger partial charge in [0.25, 0.3) is 0 Å². The molecular formula is C55H86N12O17S2. The summed E-state index contributed by atoms with van der Waals surface area (Å²) in [6, 6.07) is -4.97. The van der Waals surface area contributed by atoms with Crippen LogP contribution in [0.1, 0.15) is 104 Å². The molecule has 0 radical (unpaired) electrons. The molecule has 1 unspecified atom stereocenters. The largest absolute Gasteiger partial charge is 0.610 e. The number of H-pyrrole nitrogens is 1. The number of β-amino-alcohol motifs (C(OH)–C–C–N with tert-alkyl or cyclic N) is 1. The Balaban J connectivity index is 1.74. The van der Waals surface area contributed by atoms with Crippen molar-refractivity contribution in [1.82, 2.24) is 52.4 Å². The highest BCUT2D eigenvalue weighted by molar-refractivity contribution is 7.98. The number of aromatic nitrogens is 1. The number of amides is 10.